The monoisotopic (exact) mass is 227 g/mol. The largest absolute Gasteiger partial charge is 0.465 e. The zero-order chi connectivity index (χ0) is 12.0. The minimum absolute atomic E-state index is 0.340. The average Bonchev–Trinajstić information content (AvgIpc) is 2.59. The molecule has 92 valence electrons. The van der Waals surface area contributed by atoms with E-state index in [0.717, 1.165) is 18.1 Å². The van der Waals surface area contributed by atoms with Crippen molar-refractivity contribution in [2.45, 2.75) is 26.5 Å². The molecule has 1 rings (SSSR count). The van der Waals surface area contributed by atoms with Gasteiger partial charge in [-0.05, 0) is 26.0 Å². The fraction of sp³-hybridized carbons (Fsp3) is 0.667. The highest BCUT2D eigenvalue weighted by molar-refractivity contribution is 5.05. The van der Waals surface area contributed by atoms with Crippen LogP contribution in [-0.4, -0.2) is 42.9 Å². The summed E-state index contributed by atoms with van der Waals surface area (Å²) in [6, 6.07) is 3.92. The fourth-order valence-electron chi connectivity index (χ4n) is 1.62. The predicted octanol–water partition coefficient (Wildman–Crippen LogP) is 1.42. The van der Waals surface area contributed by atoms with Crippen LogP contribution in [-0.2, 0) is 11.3 Å². The summed E-state index contributed by atoms with van der Waals surface area (Å²) < 4.78 is 10.6. The van der Waals surface area contributed by atoms with Crippen LogP contribution in [0.4, 0.5) is 0 Å². The van der Waals surface area contributed by atoms with Crippen LogP contribution < -0.4 is 0 Å². The number of methoxy groups -OCH3 is 1. The Hall–Kier alpha value is -0.840. The molecule has 0 aliphatic carbocycles. The van der Waals surface area contributed by atoms with E-state index in [2.05, 4.69) is 4.90 Å². The zero-order valence-corrected chi connectivity index (χ0v) is 10.3. The summed E-state index contributed by atoms with van der Waals surface area (Å²) in [5, 5.41) is 9.39. The third kappa shape index (κ3) is 4.79. The Morgan fingerprint density at radius 1 is 1.50 bits per heavy atom. The van der Waals surface area contributed by atoms with Gasteiger partial charge in [-0.1, -0.05) is 0 Å². The molecule has 0 spiro atoms. The SMILES string of the molecule is COCCN(Cc1ccc(C)o1)CC(C)O. The van der Waals surface area contributed by atoms with Gasteiger partial charge in [0.1, 0.15) is 11.5 Å². The van der Waals surface area contributed by atoms with Crippen molar-refractivity contribution in [1.29, 1.82) is 0 Å². The van der Waals surface area contributed by atoms with Gasteiger partial charge >= 0.3 is 0 Å². The average molecular weight is 227 g/mol. The summed E-state index contributed by atoms with van der Waals surface area (Å²) in [4.78, 5) is 2.12. The molecule has 4 heteroatoms. The lowest BCUT2D eigenvalue weighted by atomic mass is 10.3. The second kappa shape index (κ2) is 6.68. The third-order valence-corrected chi connectivity index (χ3v) is 2.31. The van der Waals surface area contributed by atoms with Gasteiger partial charge in [0.05, 0.1) is 19.3 Å². The van der Waals surface area contributed by atoms with E-state index < -0.39 is 0 Å². The van der Waals surface area contributed by atoms with Crippen molar-refractivity contribution in [3.63, 3.8) is 0 Å². The second-order valence-corrected chi connectivity index (χ2v) is 4.09. The lowest BCUT2D eigenvalue weighted by molar-refractivity contribution is 0.0897. The van der Waals surface area contributed by atoms with E-state index in [1.165, 1.54) is 0 Å². The molecule has 1 aromatic heterocycles. The van der Waals surface area contributed by atoms with E-state index in [1.807, 2.05) is 19.1 Å². The maximum absolute atomic E-state index is 9.39. The molecule has 1 heterocycles. The van der Waals surface area contributed by atoms with E-state index in [0.29, 0.717) is 19.7 Å². The minimum Gasteiger partial charge on any atom is -0.465 e. The molecule has 0 aromatic carbocycles. The maximum Gasteiger partial charge on any atom is 0.118 e. The van der Waals surface area contributed by atoms with Gasteiger partial charge in [-0.25, -0.2) is 0 Å². The normalized spacial score (nSPS) is 13.3. The number of aliphatic hydroxyl groups is 1. The zero-order valence-electron chi connectivity index (χ0n) is 10.3. The van der Waals surface area contributed by atoms with Crippen molar-refractivity contribution >= 4 is 0 Å². The highest BCUT2D eigenvalue weighted by Gasteiger charge is 2.10. The predicted molar refractivity (Wildman–Crippen MR) is 62.3 cm³/mol. The summed E-state index contributed by atoms with van der Waals surface area (Å²) in [5.74, 6) is 1.84. The topological polar surface area (TPSA) is 45.8 Å². The van der Waals surface area contributed by atoms with Crippen LogP contribution in [0, 0.1) is 6.92 Å². The Balaban J connectivity index is 2.48. The first-order valence-electron chi connectivity index (χ1n) is 5.56. The molecule has 1 aromatic rings. The molecule has 0 amide bonds. The van der Waals surface area contributed by atoms with Gasteiger partial charge in [0.2, 0.25) is 0 Å². The van der Waals surface area contributed by atoms with Crippen LogP contribution in [0.3, 0.4) is 0 Å². The maximum atomic E-state index is 9.39. The fourth-order valence-corrected chi connectivity index (χ4v) is 1.62. The molecule has 0 saturated carbocycles. The van der Waals surface area contributed by atoms with Gasteiger partial charge in [-0.3, -0.25) is 4.90 Å². The number of nitrogens with zero attached hydrogens (tertiary/aromatic N) is 1. The Kier molecular flexibility index (Phi) is 5.52. The number of hydrogen-bond acceptors (Lipinski definition) is 4. The standard InChI is InChI=1S/C12H21NO3/c1-10(14)8-13(6-7-15-3)9-12-5-4-11(2)16-12/h4-5,10,14H,6-9H2,1-3H3. The summed E-state index contributed by atoms with van der Waals surface area (Å²) in [6.07, 6.45) is -0.340. The van der Waals surface area contributed by atoms with E-state index in [4.69, 9.17) is 9.15 Å². The van der Waals surface area contributed by atoms with Crippen molar-refractivity contribution in [2.75, 3.05) is 26.8 Å². The molecule has 4 nitrogen and oxygen atoms in total. The molecule has 0 bridgehead atoms. The molecular weight excluding hydrogens is 206 g/mol. The van der Waals surface area contributed by atoms with Gasteiger partial charge in [0, 0.05) is 20.2 Å². The number of rotatable bonds is 7. The first kappa shape index (κ1) is 13.2. The van der Waals surface area contributed by atoms with Crippen LogP contribution in [0.15, 0.2) is 16.5 Å². The van der Waals surface area contributed by atoms with Crippen molar-refractivity contribution < 1.29 is 14.3 Å². The van der Waals surface area contributed by atoms with Crippen LogP contribution >= 0.6 is 0 Å². The molecule has 1 atom stereocenters. The van der Waals surface area contributed by atoms with Gasteiger partial charge in [0.15, 0.2) is 0 Å². The van der Waals surface area contributed by atoms with E-state index >= 15 is 0 Å². The van der Waals surface area contributed by atoms with Crippen molar-refractivity contribution in [3.8, 4) is 0 Å². The quantitative estimate of drug-likeness (QED) is 0.765. The lowest BCUT2D eigenvalue weighted by Crippen LogP contribution is -2.33. The molecule has 1 unspecified atom stereocenters. The van der Waals surface area contributed by atoms with Gasteiger partial charge in [-0.2, -0.15) is 0 Å². The van der Waals surface area contributed by atoms with Gasteiger partial charge in [0.25, 0.3) is 0 Å². The van der Waals surface area contributed by atoms with Crippen LogP contribution in [0.2, 0.25) is 0 Å². The van der Waals surface area contributed by atoms with Crippen LogP contribution in [0.1, 0.15) is 18.4 Å². The molecule has 0 fully saturated rings. The highest BCUT2D eigenvalue weighted by Crippen LogP contribution is 2.09. The number of hydrogen-bond donors (Lipinski definition) is 1. The second-order valence-electron chi connectivity index (χ2n) is 4.09. The van der Waals surface area contributed by atoms with E-state index in [-0.39, 0.29) is 6.10 Å². The minimum atomic E-state index is -0.340. The van der Waals surface area contributed by atoms with E-state index in [9.17, 15) is 5.11 Å². The molecule has 16 heavy (non-hydrogen) atoms. The molecule has 0 aliphatic heterocycles. The van der Waals surface area contributed by atoms with Crippen molar-refractivity contribution in [2.24, 2.45) is 0 Å². The molecule has 0 saturated heterocycles. The first-order chi connectivity index (χ1) is 7.61. The molecule has 0 aliphatic rings. The van der Waals surface area contributed by atoms with Crippen molar-refractivity contribution in [3.05, 3.63) is 23.7 Å². The Bertz CT molecular complexity index is 296. The Morgan fingerprint density at radius 2 is 2.25 bits per heavy atom. The number of ether oxygens (including phenoxy) is 1. The van der Waals surface area contributed by atoms with Gasteiger partial charge in [-0.15, -0.1) is 0 Å². The summed E-state index contributed by atoms with van der Waals surface area (Å²) in [5.41, 5.74) is 0. The van der Waals surface area contributed by atoms with Crippen LogP contribution in [0.25, 0.3) is 0 Å². The number of aliphatic hydroxyl groups excluding tert-OH is 1. The number of furan rings is 1. The summed E-state index contributed by atoms with van der Waals surface area (Å²) in [6.45, 7) is 6.50. The van der Waals surface area contributed by atoms with Crippen LogP contribution in [0.5, 0.6) is 0 Å². The third-order valence-electron chi connectivity index (χ3n) is 2.31. The first-order valence-corrected chi connectivity index (χ1v) is 5.56. The highest BCUT2D eigenvalue weighted by atomic mass is 16.5. The molecular formula is C12H21NO3. The van der Waals surface area contributed by atoms with E-state index in [1.54, 1.807) is 14.0 Å². The smallest absolute Gasteiger partial charge is 0.118 e. The molecule has 0 radical (unpaired) electrons. The summed E-state index contributed by atoms with van der Waals surface area (Å²) in [7, 11) is 1.68. The lowest BCUT2D eigenvalue weighted by Gasteiger charge is -2.22. The summed E-state index contributed by atoms with van der Waals surface area (Å²) >= 11 is 0. The molecule has 1 N–H and O–H groups in total. The van der Waals surface area contributed by atoms with Gasteiger partial charge < -0.3 is 14.3 Å². The Morgan fingerprint density at radius 3 is 2.75 bits per heavy atom. The Labute approximate surface area is 96.8 Å². The number of aryl methyl sites for hydroxylation is 1. The van der Waals surface area contributed by atoms with Crippen molar-refractivity contribution in [1.82, 2.24) is 4.90 Å².